The highest BCUT2D eigenvalue weighted by Crippen LogP contribution is 2.49. The normalized spacial score (nSPS) is 27.4. The van der Waals surface area contributed by atoms with Crippen LogP contribution < -0.4 is 5.32 Å². The summed E-state index contributed by atoms with van der Waals surface area (Å²) in [7, 11) is 0. The van der Waals surface area contributed by atoms with Gasteiger partial charge >= 0.3 is 0 Å². The van der Waals surface area contributed by atoms with Crippen molar-refractivity contribution in [1.82, 2.24) is 10.3 Å². The number of thiazole rings is 1. The summed E-state index contributed by atoms with van der Waals surface area (Å²) in [5, 5.41) is 4.31. The highest BCUT2D eigenvalue weighted by Gasteiger charge is 2.42. The van der Waals surface area contributed by atoms with Gasteiger partial charge in [0.1, 0.15) is 0 Å². The van der Waals surface area contributed by atoms with E-state index in [0.29, 0.717) is 18.4 Å². The Morgan fingerprint density at radius 3 is 2.96 bits per heavy atom. The number of aromatic nitrogens is 1. The fraction of sp³-hybridized carbons (Fsp3) is 0.579. The first-order chi connectivity index (χ1) is 11.2. The predicted molar refractivity (Wildman–Crippen MR) is 94.5 cm³/mol. The highest BCUT2D eigenvalue weighted by molar-refractivity contribution is 7.18. The van der Waals surface area contributed by atoms with Crippen LogP contribution in [0.25, 0.3) is 10.2 Å². The first-order valence-corrected chi connectivity index (χ1v) is 9.64. The van der Waals surface area contributed by atoms with E-state index < -0.39 is 0 Å². The molecule has 0 aliphatic heterocycles. The Labute approximate surface area is 141 Å². The SMILES string of the molecule is C[C@H](NC(=O)CCc1nc2ccccc2s1)[C@H]1C[C@@H]2CC[C@H]1C2. The Morgan fingerprint density at radius 2 is 2.22 bits per heavy atom. The molecule has 0 saturated heterocycles. The number of amides is 1. The standard InChI is InChI=1S/C19H24N2OS/c1-12(15-11-13-6-7-14(15)10-13)20-18(22)8-9-19-21-16-4-2-3-5-17(16)23-19/h2-5,12-15H,6-11H2,1H3,(H,20,22)/t12-,13+,14-,15+/m0/s1. The molecule has 2 bridgehead atoms. The first kappa shape index (κ1) is 15.1. The molecule has 1 heterocycles. The molecule has 4 atom stereocenters. The Kier molecular flexibility index (Phi) is 4.10. The second kappa shape index (κ2) is 6.23. The monoisotopic (exact) mass is 328 g/mol. The number of nitrogens with zero attached hydrogens (tertiary/aromatic N) is 1. The minimum atomic E-state index is 0.180. The van der Waals surface area contributed by atoms with Crippen molar-refractivity contribution in [3.8, 4) is 0 Å². The van der Waals surface area contributed by atoms with Crippen molar-refractivity contribution in [3.63, 3.8) is 0 Å². The van der Waals surface area contributed by atoms with E-state index >= 15 is 0 Å². The van der Waals surface area contributed by atoms with Crippen LogP contribution in [0.5, 0.6) is 0 Å². The average Bonchev–Trinajstić information content (AvgIpc) is 3.26. The van der Waals surface area contributed by atoms with Gasteiger partial charge < -0.3 is 5.32 Å². The summed E-state index contributed by atoms with van der Waals surface area (Å²) in [6, 6.07) is 8.50. The zero-order valence-corrected chi connectivity index (χ0v) is 14.4. The molecule has 0 unspecified atom stereocenters. The molecule has 0 spiro atoms. The van der Waals surface area contributed by atoms with Gasteiger partial charge in [-0.15, -0.1) is 11.3 Å². The Balaban J connectivity index is 1.30. The summed E-state index contributed by atoms with van der Waals surface area (Å²) in [5.74, 6) is 2.69. The zero-order chi connectivity index (χ0) is 15.8. The molecule has 2 aromatic rings. The number of benzene rings is 1. The molecule has 4 rings (SSSR count). The van der Waals surface area contributed by atoms with E-state index in [2.05, 4.69) is 23.3 Å². The molecule has 0 radical (unpaired) electrons. The lowest BCUT2D eigenvalue weighted by Crippen LogP contribution is -2.40. The number of carbonyl (C=O) groups is 1. The molecule has 1 N–H and O–H groups in total. The van der Waals surface area contributed by atoms with Crippen LogP contribution >= 0.6 is 11.3 Å². The van der Waals surface area contributed by atoms with Gasteiger partial charge in [-0.25, -0.2) is 4.98 Å². The van der Waals surface area contributed by atoms with E-state index in [4.69, 9.17) is 0 Å². The molecule has 122 valence electrons. The quantitative estimate of drug-likeness (QED) is 0.895. The van der Waals surface area contributed by atoms with Gasteiger partial charge in [-0.05, 0) is 56.1 Å². The van der Waals surface area contributed by atoms with Crippen molar-refractivity contribution in [2.24, 2.45) is 17.8 Å². The van der Waals surface area contributed by atoms with Crippen molar-refractivity contribution in [1.29, 1.82) is 0 Å². The third-order valence-electron chi connectivity index (χ3n) is 5.73. The minimum Gasteiger partial charge on any atom is -0.353 e. The third-order valence-corrected chi connectivity index (χ3v) is 6.82. The average molecular weight is 328 g/mol. The number of aryl methyl sites for hydroxylation is 1. The van der Waals surface area contributed by atoms with Crippen molar-refractivity contribution in [2.45, 2.75) is 51.5 Å². The van der Waals surface area contributed by atoms with Crippen LogP contribution in [0, 0.1) is 17.8 Å². The molecule has 2 aliphatic rings. The summed E-state index contributed by atoms with van der Waals surface area (Å²) >= 11 is 1.70. The number of carbonyl (C=O) groups excluding carboxylic acids is 1. The molecule has 2 aliphatic carbocycles. The Morgan fingerprint density at radius 1 is 1.35 bits per heavy atom. The second-order valence-corrected chi connectivity index (χ2v) is 8.39. The van der Waals surface area contributed by atoms with Crippen LogP contribution in [0.3, 0.4) is 0 Å². The molecule has 4 heteroatoms. The van der Waals surface area contributed by atoms with Crippen LogP contribution in [0.15, 0.2) is 24.3 Å². The molecule has 3 nitrogen and oxygen atoms in total. The lowest BCUT2D eigenvalue weighted by Gasteiger charge is -2.28. The number of para-hydroxylation sites is 1. The van der Waals surface area contributed by atoms with Gasteiger partial charge in [0.05, 0.1) is 15.2 Å². The minimum absolute atomic E-state index is 0.180. The maximum Gasteiger partial charge on any atom is 0.220 e. The number of fused-ring (bicyclic) bond motifs is 3. The van der Waals surface area contributed by atoms with E-state index in [9.17, 15) is 4.79 Å². The van der Waals surface area contributed by atoms with Crippen LogP contribution in [0.4, 0.5) is 0 Å². The zero-order valence-electron chi connectivity index (χ0n) is 13.6. The van der Waals surface area contributed by atoms with Crippen molar-refractivity contribution in [3.05, 3.63) is 29.3 Å². The molecule has 2 fully saturated rings. The molecule has 1 amide bonds. The molecular formula is C19H24N2OS. The Bertz CT molecular complexity index is 677. The maximum absolute atomic E-state index is 12.3. The summed E-state index contributed by atoms with van der Waals surface area (Å²) in [6.07, 6.45) is 6.81. The summed E-state index contributed by atoms with van der Waals surface area (Å²) in [4.78, 5) is 16.9. The van der Waals surface area contributed by atoms with Gasteiger partial charge in [-0.1, -0.05) is 18.6 Å². The largest absolute Gasteiger partial charge is 0.353 e. The fourth-order valence-corrected chi connectivity index (χ4v) is 5.55. The van der Waals surface area contributed by atoms with Crippen molar-refractivity contribution < 1.29 is 4.79 Å². The topological polar surface area (TPSA) is 42.0 Å². The Hall–Kier alpha value is -1.42. The number of hydrogen-bond donors (Lipinski definition) is 1. The van der Waals surface area contributed by atoms with E-state index in [1.807, 2.05) is 18.2 Å². The van der Waals surface area contributed by atoms with E-state index in [1.54, 1.807) is 11.3 Å². The van der Waals surface area contributed by atoms with Gasteiger partial charge in [0.15, 0.2) is 0 Å². The molecule has 2 saturated carbocycles. The third kappa shape index (κ3) is 3.14. The highest BCUT2D eigenvalue weighted by atomic mass is 32.1. The van der Waals surface area contributed by atoms with Gasteiger partial charge in [-0.3, -0.25) is 4.79 Å². The van der Waals surface area contributed by atoms with Crippen LogP contribution in [-0.4, -0.2) is 16.9 Å². The van der Waals surface area contributed by atoms with Crippen LogP contribution in [0.1, 0.15) is 44.0 Å². The van der Waals surface area contributed by atoms with Crippen molar-refractivity contribution >= 4 is 27.5 Å². The lowest BCUT2D eigenvalue weighted by atomic mass is 9.84. The van der Waals surface area contributed by atoms with Gasteiger partial charge in [-0.2, -0.15) is 0 Å². The van der Waals surface area contributed by atoms with Gasteiger partial charge in [0.2, 0.25) is 5.91 Å². The number of rotatable bonds is 5. The van der Waals surface area contributed by atoms with Crippen LogP contribution in [-0.2, 0) is 11.2 Å². The maximum atomic E-state index is 12.3. The molecule has 23 heavy (non-hydrogen) atoms. The molecular weight excluding hydrogens is 304 g/mol. The molecule has 1 aromatic carbocycles. The van der Waals surface area contributed by atoms with Crippen LogP contribution in [0.2, 0.25) is 0 Å². The van der Waals surface area contributed by atoms with E-state index in [0.717, 1.165) is 28.8 Å². The fourth-order valence-electron chi connectivity index (χ4n) is 4.59. The lowest BCUT2D eigenvalue weighted by molar-refractivity contribution is -0.122. The van der Waals surface area contributed by atoms with Gasteiger partial charge in [0.25, 0.3) is 0 Å². The van der Waals surface area contributed by atoms with Crippen molar-refractivity contribution in [2.75, 3.05) is 0 Å². The summed E-state index contributed by atoms with van der Waals surface area (Å²) < 4.78 is 1.21. The smallest absolute Gasteiger partial charge is 0.220 e. The number of nitrogens with one attached hydrogen (secondary N) is 1. The summed E-state index contributed by atoms with van der Waals surface area (Å²) in [5.41, 5.74) is 1.04. The second-order valence-electron chi connectivity index (χ2n) is 7.27. The number of hydrogen-bond acceptors (Lipinski definition) is 3. The predicted octanol–water partition coefficient (Wildman–Crippen LogP) is 4.17. The first-order valence-electron chi connectivity index (χ1n) is 8.83. The van der Waals surface area contributed by atoms with E-state index in [1.165, 1.54) is 30.4 Å². The van der Waals surface area contributed by atoms with Gasteiger partial charge in [0, 0.05) is 18.9 Å². The summed E-state index contributed by atoms with van der Waals surface area (Å²) in [6.45, 7) is 2.20. The molecule has 1 aromatic heterocycles. The van der Waals surface area contributed by atoms with E-state index in [-0.39, 0.29) is 5.91 Å².